The highest BCUT2D eigenvalue weighted by atomic mass is 16.5. The van der Waals surface area contributed by atoms with Gasteiger partial charge in [-0.25, -0.2) is 9.78 Å². The van der Waals surface area contributed by atoms with Gasteiger partial charge in [0.25, 0.3) is 0 Å². The molecule has 0 fully saturated rings. The lowest BCUT2D eigenvalue weighted by Crippen LogP contribution is -2.27. The van der Waals surface area contributed by atoms with E-state index in [1.807, 2.05) is 10.8 Å². The average Bonchev–Trinajstić information content (AvgIpc) is 3.58. The van der Waals surface area contributed by atoms with E-state index in [4.69, 9.17) is 18.9 Å². The molecule has 4 rings (SSSR count). The minimum Gasteiger partial charge on any atom is -0.507 e. The van der Waals surface area contributed by atoms with Crippen molar-refractivity contribution in [3.63, 3.8) is 0 Å². The first-order valence-corrected chi connectivity index (χ1v) is 16.2. The predicted octanol–water partition coefficient (Wildman–Crippen LogP) is 5.53. The molecule has 1 aromatic heterocycles. The number of rotatable bonds is 11. The van der Waals surface area contributed by atoms with Crippen molar-refractivity contribution >= 4 is 23.7 Å². The number of esters is 1. The average molecular weight is 664 g/mol. The summed E-state index contributed by atoms with van der Waals surface area (Å²) in [5.74, 6) is -1.78. The van der Waals surface area contributed by atoms with Crippen molar-refractivity contribution in [1.82, 2.24) is 14.9 Å². The molecule has 1 aliphatic rings. The first-order chi connectivity index (χ1) is 23.2. The molecule has 2 atom stereocenters. The van der Waals surface area contributed by atoms with E-state index in [0.717, 1.165) is 0 Å². The number of benzene rings is 2. The highest BCUT2D eigenvalue weighted by molar-refractivity contribution is 5.98. The Balaban J connectivity index is 1.78. The number of carbonyl (C=O) groups is 3. The van der Waals surface area contributed by atoms with Gasteiger partial charge in [0.05, 0.1) is 33.8 Å². The van der Waals surface area contributed by atoms with Crippen LogP contribution >= 0.6 is 0 Å². The molecule has 258 valence electrons. The smallest absolute Gasteiger partial charge is 0.342 e. The van der Waals surface area contributed by atoms with Crippen molar-refractivity contribution in [2.75, 3.05) is 27.9 Å². The molecule has 0 radical (unpaired) electrons. The number of phenolic OH excluding ortho intramolecular Hbond substituents is 2. The summed E-state index contributed by atoms with van der Waals surface area (Å²) in [7, 11) is 4.39. The van der Waals surface area contributed by atoms with Gasteiger partial charge >= 0.3 is 5.97 Å². The topological polar surface area (TPSA) is 158 Å². The second kappa shape index (κ2) is 17.2. The van der Waals surface area contributed by atoms with Gasteiger partial charge in [0.2, 0.25) is 11.7 Å². The lowest BCUT2D eigenvalue weighted by atomic mass is 9.84. The van der Waals surface area contributed by atoms with Crippen LogP contribution in [0.5, 0.6) is 28.7 Å². The van der Waals surface area contributed by atoms with E-state index in [1.165, 1.54) is 27.4 Å². The van der Waals surface area contributed by atoms with Gasteiger partial charge in [0, 0.05) is 56.2 Å². The first-order valence-electron chi connectivity index (χ1n) is 16.2. The summed E-state index contributed by atoms with van der Waals surface area (Å²) in [5, 5.41) is 26.3. The summed E-state index contributed by atoms with van der Waals surface area (Å²) < 4.78 is 24.3. The fourth-order valence-corrected chi connectivity index (χ4v) is 5.87. The monoisotopic (exact) mass is 663 g/mol. The van der Waals surface area contributed by atoms with E-state index in [0.29, 0.717) is 80.8 Å². The number of amides is 1. The quantitative estimate of drug-likeness (QED) is 0.176. The number of aromatic nitrogens is 2. The Morgan fingerprint density at radius 2 is 1.81 bits per heavy atom. The van der Waals surface area contributed by atoms with Gasteiger partial charge in [-0.1, -0.05) is 12.2 Å². The number of nitrogens with zero attached hydrogens (tertiary/aromatic N) is 2. The molecule has 1 aliphatic heterocycles. The van der Waals surface area contributed by atoms with Gasteiger partial charge < -0.3 is 39.0 Å². The summed E-state index contributed by atoms with van der Waals surface area (Å²) in [5.41, 5.74) is 0.562. The summed E-state index contributed by atoms with van der Waals surface area (Å²) >= 11 is 0. The number of hydrogen-bond donors (Lipinski definition) is 3. The zero-order valence-corrected chi connectivity index (χ0v) is 28.0. The zero-order chi connectivity index (χ0) is 34.6. The number of nitrogens with one attached hydrogen (secondary N) is 1. The summed E-state index contributed by atoms with van der Waals surface area (Å²) in [6.07, 6.45) is 11.7. The molecule has 48 heavy (non-hydrogen) atoms. The SMILES string of the molecule is COc1cc(C(CC(=O)NCCCn2ccnc2)c2c(O)cc3c(c2O)C(=O)OC(C)CCCC(=O)CCCC=C3)cc(OC)c1OC. The maximum Gasteiger partial charge on any atom is 0.342 e. The number of phenols is 2. The van der Waals surface area contributed by atoms with Crippen LogP contribution in [0.2, 0.25) is 0 Å². The Morgan fingerprint density at radius 1 is 1.08 bits per heavy atom. The van der Waals surface area contributed by atoms with Gasteiger partial charge in [-0.15, -0.1) is 0 Å². The van der Waals surface area contributed by atoms with Crippen molar-refractivity contribution in [3.8, 4) is 28.7 Å². The van der Waals surface area contributed by atoms with Crippen LogP contribution in [0.3, 0.4) is 0 Å². The van der Waals surface area contributed by atoms with Crippen LogP contribution in [-0.2, 0) is 20.9 Å². The molecule has 12 heteroatoms. The number of ketones is 1. The maximum atomic E-state index is 13.7. The summed E-state index contributed by atoms with van der Waals surface area (Å²) in [6.45, 7) is 2.77. The molecular weight excluding hydrogens is 618 g/mol. The predicted molar refractivity (Wildman–Crippen MR) is 179 cm³/mol. The molecule has 12 nitrogen and oxygen atoms in total. The van der Waals surface area contributed by atoms with Gasteiger partial charge in [-0.3, -0.25) is 9.59 Å². The molecule has 2 heterocycles. The number of allylic oxidation sites excluding steroid dienone is 1. The minimum atomic E-state index is -0.953. The molecular formula is C36H45N3O9. The van der Waals surface area contributed by atoms with Crippen LogP contribution < -0.4 is 19.5 Å². The molecule has 1 amide bonds. The van der Waals surface area contributed by atoms with Crippen LogP contribution in [-0.4, -0.2) is 71.4 Å². The normalized spacial score (nSPS) is 16.3. The molecule has 3 aromatic rings. The molecule has 2 unspecified atom stereocenters. The van der Waals surface area contributed by atoms with E-state index in [9.17, 15) is 24.6 Å². The third kappa shape index (κ3) is 9.08. The molecule has 0 bridgehead atoms. The van der Waals surface area contributed by atoms with Crippen LogP contribution in [0.25, 0.3) is 6.08 Å². The minimum absolute atomic E-state index is 0.0266. The number of aryl methyl sites for hydroxylation is 1. The molecule has 0 saturated carbocycles. The number of carbonyl (C=O) groups excluding carboxylic acids is 3. The molecule has 0 saturated heterocycles. The van der Waals surface area contributed by atoms with Crippen molar-refractivity contribution < 1.29 is 43.5 Å². The number of imidazole rings is 1. The van der Waals surface area contributed by atoms with Crippen LogP contribution in [0.4, 0.5) is 0 Å². The second-order valence-corrected chi connectivity index (χ2v) is 11.8. The third-order valence-electron chi connectivity index (χ3n) is 8.35. The number of cyclic esters (lactones) is 1. The fraction of sp³-hybridized carbons (Fsp3) is 0.444. The highest BCUT2D eigenvalue weighted by Gasteiger charge is 2.32. The van der Waals surface area contributed by atoms with E-state index < -0.39 is 23.7 Å². The largest absolute Gasteiger partial charge is 0.507 e. The number of fused-ring (bicyclic) bond motifs is 1. The standard InChI is InChI=1S/C36H45N3O9/c1-23-10-8-13-26(40)12-7-5-6-11-24-18-28(41)33(34(43)32(24)36(44)48-23)27(21-31(42)38-14-9-16-39-17-15-37-22-39)25-19-29(45-2)35(47-4)30(20-25)46-3/h6,11,15,17-20,22-23,27,41,43H,5,7-10,12-14,16,21H2,1-4H3,(H,38,42). The number of Topliss-reactive ketones (excluding diaryl/α,β-unsaturated/α-hetero) is 1. The molecule has 2 aromatic carbocycles. The van der Waals surface area contributed by atoms with E-state index in [1.54, 1.807) is 43.7 Å². The van der Waals surface area contributed by atoms with Gasteiger partial charge in [0.15, 0.2) is 11.5 Å². The van der Waals surface area contributed by atoms with Crippen LogP contribution in [0, 0.1) is 0 Å². The Hall–Kier alpha value is -5.00. The molecule has 0 aliphatic carbocycles. The van der Waals surface area contributed by atoms with Crippen molar-refractivity contribution in [2.45, 2.75) is 76.9 Å². The molecule has 0 spiro atoms. The molecule has 3 N–H and O–H groups in total. The van der Waals surface area contributed by atoms with E-state index >= 15 is 0 Å². The Kier molecular flexibility index (Phi) is 12.9. The summed E-state index contributed by atoms with van der Waals surface area (Å²) in [6, 6.07) is 4.67. The van der Waals surface area contributed by atoms with Gasteiger partial charge in [0.1, 0.15) is 22.8 Å². The number of ether oxygens (including phenoxy) is 4. The lowest BCUT2D eigenvalue weighted by Gasteiger charge is -2.24. The van der Waals surface area contributed by atoms with Crippen molar-refractivity contribution in [3.05, 3.63) is 65.2 Å². The fourth-order valence-electron chi connectivity index (χ4n) is 5.87. The lowest BCUT2D eigenvalue weighted by molar-refractivity contribution is -0.121. The number of methoxy groups -OCH3 is 3. The van der Waals surface area contributed by atoms with E-state index in [-0.39, 0.29) is 40.6 Å². The number of aromatic hydroxyl groups is 2. The van der Waals surface area contributed by atoms with Gasteiger partial charge in [-0.2, -0.15) is 0 Å². The van der Waals surface area contributed by atoms with Crippen molar-refractivity contribution in [1.29, 1.82) is 0 Å². The highest BCUT2D eigenvalue weighted by Crippen LogP contribution is 2.47. The number of hydrogen-bond acceptors (Lipinski definition) is 10. The van der Waals surface area contributed by atoms with E-state index in [2.05, 4.69) is 10.3 Å². The second-order valence-electron chi connectivity index (χ2n) is 11.8. The van der Waals surface area contributed by atoms with Crippen molar-refractivity contribution in [2.24, 2.45) is 0 Å². The Bertz CT molecular complexity index is 1580. The Labute approximate surface area is 280 Å². The maximum absolute atomic E-state index is 13.7. The van der Waals surface area contributed by atoms with Gasteiger partial charge in [-0.05, 0) is 68.4 Å². The van der Waals surface area contributed by atoms with Crippen LogP contribution in [0.1, 0.15) is 91.3 Å². The summed E-state index contributed by atoms with van der Waals surface area (Å²) in [4.78, 5) is 43.3. The first kappa shape index (κ1) is 35.8. The third-order valence-corrected chi connectivity index (χ3v) is 8.35. The Morgan fingerprint density at radius 3 is 2.48 bits per heavy atom. The zero-order valence-electron chi connectivity index (χ0n) is 28.0. The van der Waals surface area contributed by atoms with Crippen LogP contribution in [0.15, 0.2) is 43.0 Å².